The molecule has 0 radical (unpaired) electrons. The van der Waals surface area contributed by atoms with Gasteiger partial charge in [-0.15, -0.1) is 12.4 Å². The molecule has 1 heterocycles. The van der Waals surface area contributed by atoms with Crippen LogP contribution in [0.15, 0.2) is 24.3 Å². The van der Waals surface area contributed by atoms with Crippen molar-refractivity contribution < 1.29 is 14.4 Å². The van der Waals surface area contributed by atoms with Gasteiger partial charge < -0.3 is 21.3 Å². The number of carbonyl (C=O) groups excluding carboxylic acids is 3. The van der Waals surface area contributed by atoms with Gasteiger partial charge >= 0.3 is 0 Å². The monoisotopic (exact) mass is 396 g/mol. The maximum Gasteiger partial charge on any atom is 0.253 e. The number of rotatable bonds is 7. The van der Waals surface area contributed by atoms with E-state index in [2.05, 4.69) is 10.6 Å². The Morgan fingerprint density at radius 3 is 2.63 bits per heavy atom. The van der Waals surface area contributed by atoms with E-state index in [0.29, 0.717) is 43.9 Å². The molecule has 0 spiro atoms. The van der Waals surface area contributed by atoms with E-state index in [9.17, 15) is 14.4 Å². The quantitative estimate of drug-likeness (QED) is 0.643. The fraction of sp³-hybridized carbons (Fsp3) is 0.526. The Morgan fingerprint density at radius 2 is 1.93 bits per heavy atom. The molecule has 1 aromatic rings. The summed E-state index contributed by atoms with van der Waals surface area (Å²) >= 11 is 0. The summed E-state index contributed by atoms with van der Waals surface area (Å²) in [6, 6.07) is 6.73. The minimum atomic E-state index is -0.213. The maximum absolute atomic E-state index is 12.8. The van der Waals surface area contributed by atoms with Crippen molar-refractivity contribution in [2.75, 3.05) is 32.7 Å². The Hall–Kier alpha value is -2.12. The Balaban J connectivity index is 0.00000364. The number of hydrogen-bond acceptors (Lipinski definition) is 4. The second kappa shape index (κ2) is 11.6. The van der Waals surface area contributed by atoms with Gasteiger partial charge in [0.15, 0.2) is 0 Å². The van der Waals surface area contributed by atoms with Gasteiger partial charge in [0.25, 0.3) is 11.8 Å². The molecule has 1 saturated heterocycles. The molecule has 150 valence electrons. The molecule has 4 N–H and O–H groups in total. The Kier molecular flexibility index (Phi) is 9.82. The van der Waals surface area contributed by atoms with Gasteiger partial charge in [-0.3, -0.25) is 14.4 Å². The lowest BCUT2D eigenvalue weighted by molar-refractivity contribution is -0.126. The lowest BCUT2D eigenvalue weighted by atomic mass is 9.96. The number of nitrogens with one attached hydrogen (secondary N) is 2. The molecule has 2 rings (SSSR count). The van der Waals surface area contributed by atoms with Crippen molar-refractivity contribution in [1.29, 1.82) is 0 Å². The van der Waals surface area contributed by atoms with Gasteiger partial charge in [0.1, 0.15) is 0 Å². The summed E-state index contributed by atoms with van der Waals surface area (Å²) in [4.78, 5) is 38.8. The van der Waals surface area contributed by atoms with Gasteiger partial charge in [0.2, 0.25) is 5.91 Å². The van der Waals surface area contributed by atoms with Crippen LogP contribution in [0.25, 0.3) is 0 Å². The van der Waals surface area contributed by atoms with Gasteiger partial charge in [0, 0.05) is 43.9 Å². The first-order chi connectivity index (χ1) is 12.6. The number of piperidine rings is 1. The first-order valence-electron chi connectivity index (χ1n) is 9.22. The van der Waals surface area contributed by atoms with E-state index in [1.807, 2.05) is 6.92 Å². The van der Waals surface area contributed by atoms with E-state index in [-0.39, 0.29) is 36.0 Å². The zero-order valence-corrected chi connectivity index (χ0v) is 16.5. The molecule has 0 saturated carbocycles. The molecule has 0 aliphatic carbocycles. The Labute approximate surface area is 166 Å². The van der Waals surface area contributed by atoms with Gasteiger partial charge in [-0.25, -0.2) is 0 Å². The van der Waals surface area contributed by atoms with Crippen molar-refractivity contribution in [1.82, 2.24) is 15.5 Å². The number of halogens is 1. The summed E-state index contributed by atoms with van der Waals surface area (Å²) in [6.07, 6.45) is 2.40. The summed E-state index contributed by atoms with van der Waals surface area (Å²) < 4.78 is 0. The molecule has 1 fully saturated rings. The lowest BCUT2D eigenvalue weighted by Crippen LogP contribution is -2.46. The van der Waals surface area contributed by atoms with Crippen molar-refractivity contribution in [3.05, 3.63) is 35.4 Å². The number of nitrogens with zero attached hydrogens (tertiary/aromatic N) is 1. The first kappa shape index (κ1) is 22.9. The molecular formula is C19H29ClN4O3. The highest BCUT2D eigenvalue weighted by molar-refractivity contribution is 5.99. The highest BCUT2D eigenvalue weighted by atomic mass is 35.5. The molecule has 3 amide bonds. The average Bonchev–Trinajstić information content (AvgIpc) is 2.69. The molecule has 0 bridgehead atoms. The van der Waals surface area contributed by atoms with Crippen molar-refractivity contribution in [2.45, 2.75) is 26.2 Å². The first-order valence-corrected chi connectivity index (χ1v) is 9.22. The maximum atomic E-state index is 12.8. The molecule has 8 heteroatoms. The summed E-state index contributed by atoms with van der Waals surface area (Å²) in [6.45, 7) is 4.43. The highest BCUT2D eigenvalue weighted by Crippen LogP contribution is 2.19. The van der Waals surface area contributed by atoms with Crippen LogP contribution in [-0.4, -0.2) is 55.3 Å². The minimum Gasteiger partial charge on any atom is -0.355 e. The molecular weight excluding hydrogens is 368 g/mol. The van der Waals surface area contributed by atoms with Crippen LogP contribution in [0.3, 0.4) is 0 Å². The normalized spacial score (nSPS) is 16.2. The third kappa shape index (κ3) is 6.52. The van der Waals surface area contributed by atoms with E-state index < -0.39 is 0 Å². The number of nitrogens with two attached hydrogens (primary N) is 1. The topological polar surface area (TPSA) is 105 Å². The third-order valence-electron chi connectivity index (χ3n) is 4.43. The summed E-state index contributed by atoms with van der Waals surface area (Å²) in [5.41, 5.74) is 6.36. The van der Waals surface area contributed by atoms with E-state index in [1.54, 1.807) is 29.2 Å². The molecule has 27 heavy (non-hydrogen) atoms. The van der Waals surface area contributed by atoms with Crippen LogP contribution in [0.5, 0.6) is 0 Å². The number of likely N-dealkylation sites (tertiary alicyclic amines) is 1. The molecule has 1 atom stereocenters. The Morgan fingerprint density at radius 1 is 1.19 bits per heavy atom. The van der Waals surface area contributed by atoms with E-state index >= 15 is 0 Å². The summed E-state index contributed by atoms with van der Waals surface area (Å²) in [5, 5.41) is 5.60. The van der Waals surface area contributed by atoms with Crippen LogP contribution >= 0.6 is 12.4 Å². The van der Waals surface area contributed by atoms with Crippen LogP contribution in [0.1, 0.15) is 46.9 Å². The largest absolute Gasteiger partial charge is 0.355 e. The zero-order chi connectivity index (χ0) is 18.9. The Bertz CT molecular complexity index is 654. The lowest BCUT2D eigenvalue weighted by Gasteiger charge is -2.32. The van der Waals surface area contributed by atoms with Gasteiger partial charge in [-0.1, -0.05) is 13.0 Å². The molecule has 1 aliphatic rings. The number of carbonyl (C=O) groups is 3. The van der Waals surface area contributed by atoms with Crippen LogP contribution in [0.4, 0.5) is 0 Å². The number of hydrogen-bond donors (Lipinski definition) is 3. The number of amides is 3. The predicted molar refractivity (Wildman–Crippen MR) is 107 cm³/mol. The van der Waals surface area contributed by atoms with E-state index in [0.717, 1.165) is 19.3 Å². The zero-order valence-electron chi connectivity index (χ0n) is 15.7. The van der Waals surface area contributed by atoms with Crippen LogP contribution in [0.2, 0.25) is 0 Å². The summed E-state index contributed by atoms with van der Waals surface area (Å²) in [7, 11) is 0. The van der Waals surface area contributed by atoms with Gasteiger partial charge in [-0.2, -0.15) is 0 Å². The second-order valence-corrected chi connectivity index (χ2v) is 6.51. The summed E-state index contributed by atoms with van der Waals surface area (Å²) in [5.74, 6) is -0.596. The fourth-order valence-corrected chi connectivity index (χ4v) is 3.03. The fourth-order valence-electron chi connectivity index (χ4n) is 3.03. The molecule has 1 aromatic carbocycles. The van der Waals surface area contributed by atoms with Gasteiger partial charge in [-0.05, 0) is 37.5 Å². The third-order valence-corrected chi connectivity index (χ3v) is 4.43. The second-order valence-electron chi connectivity index (χ2n) is 6.51. The molecule has 0 aromatic heterocycles. The van der Waals surface area contributed by atoms with Crippen LogP contribution < -0.4 is 16.4 Å². The van der Waals surface area contributed by atoms with Crippen LogP contribution in [0, 0.1) is 5.92 Å². The van der Waals surface area contributed by atoms with E-state index in [1.165, 1.54) is 0 Å². The highest BCUT2D eigenvalue weighted by Gasteiger charge is 2.28. The smallest absolute Gasteiger partial charge is 0.253 e. The van der Waals surface area contributed by atoms with Crippen LogP contribution in [-0.2, 0) is 4.79 Å². The number of benzene rings is 1. The van der Waals surface area contributed by atoms with Crippen molar-refractivity contribution >= 4 is 30.1 Å². The molecule has 1 aliphatic heterocycles. The predicted octanol–water partition coefficient (Wildman–Crippen LogP) is 1.18. The SMILES string of the molecule is CCCNC(=O)c1cccc(C(=O)N2CCCC(C(=O)NCCN)C2)c1.Cl. The standard InChI is InChI=1S/C19H28N4O3.ClH/c1-2-9-21-17(24)14-5-3-6-15(12-14)19(26)23-11-4-7-16(13-23)18(25)22-10-8-20;/h3,5-6,12,16H,2,4,7-11,13,20H2,1H3,(H,21,24)(H,22,25);1H. The van der Waals surface area contributed by atoms with E-state index in [4.69, 9.17) is 5.73 Å². The average molecular weight is 397 g/mol. The van der Waals surface area contributed by atoms with Crippen molar-refractivity contribution in [2.24, 2.45) is 11.7 Å². The minimum absolute atomic E-state index is 0. The molecule has 1 unspecified atom stereocenters. The van der Waals surface area contributed by atoms with Gasteiger partial charge in [0.05, 0.1) is 5.92 Å². The van der Waals surface area contributed by atoms with Crippen molar-refractivity contribution in [3.8, 4) is 0 Å². The van der Waals surface area contributed by atoms with Crippen molar-refractivity contribution in [3.63, 3.8) is 0 Å². The molecule has 7 nitrogen and oxygen atoms in total.